The number of morpholine rings is 1. The van der Waals surface area contributed by atoms with Crippen molar-refractivity contribution in [2.75, 3.05) is 45.9 Å². The number of thiophene rings is 1. The number of likely N-dealkylation sites (tertiary alicyclic amines) is 1. The van der Waals surface area contributed by atoms with Gasteiger partial charge in [0.25, 0.3) is 5.91 Å². The maximum Gasteiger partial charge on any atom is 0.282 e. The minimum Gasteiger partial charge on any atom is -0.472 e. The molecule has 0 bridgehead atoms. The second kappa shape index (κ2) is 12.1. The zero-order valence-corrected chi connectivity index (χ0v) is 22.5. The Labute approximate surface area is 230 Å². The lowest BCUT2D eigenvalue weighted by molar-refractivity contribution is -0.135. The molecular weight excluding hydrogens is 521 g/mol. The summed E-state index contributed by atoms with van der Waals surface area (Å²) in [5, 5.41) is 18.4. The number of amides is 1. The van der Waals surface area contributed by atoms with Crippen LogP contribution in [0.15, 0.2) is 41.1 Å². The molecule has 0 aliphatic carbocycles. The average molecular weight is 552 g/mol. The van der Waals surface area contributed by atoms with Crippen molar-refractivity contribution in [3.8, 4) is 11.9 Å². The molecule has 4 heterocycles. The summed E-state index contributed by atoms with van der Waals surface area (Å²) in [5.74, 6) is -0.793. The number of hydrogen-bond donors (Lipinski definition) is 0. The normalized spacial score (nSPS) is 20.0. The summed E-state index contributed by atoms with van der Waals surface area (Å²) in [4.78, 5) is 30.5. The van der Waals surface area contributed by atoms with Crippen LogP contribution in [0.2, 0.25) is 0 Å². The van der Waals surface area contributed by atoms with Crippen molar-refractivity contribution in [3.63, 3.8) is 0 Å². The summed E-state index contributed by atoms with van der Waals surface area (Å²) >= 11 is 1.38. The second-order valence-corrected chi connectivity index (χ2v) is 10.7. The number of halogens is 1. The molecule has 0 spiro atoms. The van der Waals surface area contributed by atoms with E-state index in [2.05, 4.69) is 23.0 Å². The molecule has 2 atom stereocenters. The van der Waals surface area contributed by atoms with E-state index in [-0.39, 0.29) is 41.6 Å². The molecule has 1 aromatic carbocycles. The lowest BCUT2D eigenvalue weighted by atomic mass is 9.83. The molecule has 2 unspecified atom stereocenters. The molecule has 11 heteroatoms. The summed E-state index contributed by atoms with van der Waals surface area (Å²) in [5.41, 5.74) is 1.75. The maximum atomic E-state index is 13.4. The van der Waals surface area contributed by atoms with Gasteiger partial charge in [-0.15, -0.1) is 0 Å². The van der Waals surface area contributed by atoms with Gasteiger partial charge >= 0.3 is 0 Å². The van der Waals surface area contributed by atoms with E-state index in [1.54, 1.807) is 29.0 Å². The van der Waals surface area contributed by atoms with Crippen LogP contribution in [0.5, 0.6) is 5.88 Å². The Morgan fingerprint density at radius 2 is 1.97 bits per heavy atom. The summed E-state index contributed by atoms with van der Waals surface area (Å²) in [7, 11) is 0. The molecule has 1 amide bonds. The average Bonchev–Trinajstić information content (AvgIpc) is 3.62. The Kier molecular flexibility index (Phi) is 8.35. The van der Waals surface area contributed by atoms with Crippen LogP contribution in [0.3, 0.4) is 0 Å². The van der Waals surface area contributed by atoms with E-state index in [9.17, 15) is 19.2 Å². The van der Waals surface area contributed by atoms with Gasteiger partial charge in [-0.3, -0.25) is 14.5 Å². The van der Waals surface area contributed by atoms with E-state index >= 15 is 0 Å². The van der Waals surface area contributed by atoms with Crippen LogP contribution in [-0.4, -0.2) is 77.3 Å². The van der Waals surface area contributed by atoms with Gasteiger partial charge in [0.15, 0.2) is 0 Å². The Bertz CT molecular complexity index is 1350. The third-order valence-electron chi connectivity index (χ3n) is 7.36. The van der Waals surface area contributed by atoms with E-state index in [1.807, 2.05) is 4.90 Å². The number of aromatic nitrogens is 2. The van der Waals surface area contributed by atoms with Gasteiger partial charge in [-0.2, -0.15) is 26.4 Å². The Balaban J connectivity index is 1.44. The van der Waals surface area contributed by atoms with Crippen LogP contribution in [0.1, 0.15) is 46.4 Å². The third kappa shape index (κ3) is 6.03. The first-order valence-electron chi connectivity index (χ1n) is 13.0. The molecule has 2 aliphatic rings. The standard InChI is InChI=1S/C28H30FN5O4S/c1-19-6-8-33(25(35)16-32-9-11-37-12-10-32)15-24(19)26-23(14-30)28(38-17-20-2-4-22(29)5-3-20)34(31-26)27(36)21-7-13-39-18-21/h2-5,7,13,18-19,24H,6,8-12,15-17H2,1H3. The lowest BCUT2D eigenvalue weighted by Crippen LogP contribution is -2.48. The van der Waals surface area contributed by atoms with Gasteiger partial charge in [0.2, 0.25) is 11.8 Å². The number of hydrogen-bond acceptors (Lipinski definition) is 8. The molecule has 2 saturated heterocycles. The summed E-state index contributed by atoms with van der Waals surface area (Å²) in [6, 6.07) is 9.74. The first-order chi connectivity index (χ1) is 18.9. The molecule has 2 aromatic heterocycles. The predicted octanol–water partition coefficient (Wildman–Crippen LogP) is 3.51. The minimum absolute atomic E-state index is 0.0292. The molecule has 3 aromatic rings. The van der Waals surface area contributed by atoms with Crippen molar-refractivity contribution in [2.24, 2.45) is 5.92 Å². The third-order valence-corrected chi connectivity index (χ3v) is 8.04. The maximum absolute atomic E-state index is 13.4. The zero-order valence-electron chi connectivity index (χ0n) is 21.7. The molecule has 39 heavy (non-hydrogen) atoms. The van der Waals surface area contributed by atoms with Crippen molar-refractivity contribution in [2.45, 2.75) is 25.9 Å². The van der Waals surface area contributed by atoms with Crippen LogP contribution < -0.4 is 4.74 Å². The first-order valence-corrected chi connectivity index (χ1v) is 13.9. The molecule has 0 radical (unpaired) electrons. The molecule has 5 rings (SSSR count). The molecule has 2 fully saturated rings. The number of carbonyl (C=O) groups is 2. The number of carbonyl (C=O) groups excluding carboxylic acids is 2. The van der Waals surface area contributed by atoms with Crippen LogP contribution in [0.4, 0.5) is 4.39 Å². The van der Waals surface area contributed by atoms with Crippen molar-refractivity contribution in [1.29, 1.82) is 5.26 Å². The van der Waals surface area contributed by atoms with E-state index < -0.39 is 5.91 Å². The SMILES string of the molecule is CC1CCN(C(=O)CN2CCOCC2)CC1c1nn(C(=O)c2ccsc2)c(OCc2ccc(F)cc2)c1C#N. The van der Waals surface area contributed by atoms with Crippen molar-refractivity contribution in [3.05, 3.63) is 69.3 Å². The molecule has 0 N–H and O–H groups in total. The Morgan fingerprint density at radius 1 is 1.21 bits per heavy atom. The van der Waals surface area contributed by atoms with Crippen LogP contribution in [0, 0.1) is 23.1 Å². The van der Waals surface area contributed by atoms with Crippen LogP contribution in [-0.2, 0) is 16.1 Å². The number of nitriles is 1. The fourth-order valence-corrected chi connectivity index (χ4v) is 5.63. The fourth-order valence-electron chi connectivity index (χ4n) is 5.00. The summed E-state index contributed by atoms with van der Waals surface area (Å²) < 4.78 is 26.0. The molecule has 9 nitrogen and oxygen atoms in total. The van der Waals surface area contributed by atoms with E-state index in [4.69, 9.17) is 9.47 Å². The van der Waals surface area contributed by atoms with Gasteiger partial charge in [-0.05, 0) is 41.5 Å². The van der Waals surface area contributed by atoms with Gasteiger partial charge in [0.1, 0.15) is 24.1 Å². The van der Waals surface area contributed by atoms with Gasteiger partial charge in [-0.1, -0.05) is 19.1 Å². The van der Waals surface area contributed by atoms with Crippen molar-refractivity contribution in [1.82, 2.24) is 19.6 Å². The van der Waals surface area contributed by atoms with Gasteiger partial charge in [0.05, 0.1) is 31.0 Å². The smallest absolute Gasteiger partial charge is 0.282 e. The largest absolute Gasteiger partial charge is 0.472 e. The van der Waals surface area contributed by atoms with E-state index in [0.717, 1.165) is 24.2 Å². The second-order valence-electron chi connectivity index (χ2n) is 9.92. The highest BCUT2D eigenvalue weighted by Crippen LogP contribution is 2.37. The molecule has 204 valence electrons. The van der Waals surface area contributed by atoms with E-state index in [0.29, 0.717) is 49.7 Å². The first kappa shape index (κ1) is 27.0. The molecular formula is C28H30FN5O4S. The van der Waals surface area contributed by atoms with Gasteiger partial charge in [0, 0.05) is 37.5 Å². The van der Waals surface area contributed by atoms with E-state index in [1.165, 1.54) is 23.5 Å². The lowest BCUT2D eigenvalue weighted by Gasteiger charge is -2.37. The van der Waals surface area contributed by atoms with Gasteiger partial charge < -0.3 is 14.4 Å². The molecule has 2 aliphatic heterocycles. The number of benzene rings is 1. The summed E-state index contributed by atoms with van der Waals surface area (Å²) in [6.07, 6.45) is 0.751. The Hall–Kier alpha value is -3.59. The molecule has 0 saturated carbocycles. The van der Waals surface area contributed by atoms with Crippen LogP contribution in [0.25, 0.3) is 0 Å². The zero-order chi connectivity index (χ0) is 27.4. The monoisotopic (exact) mass is 551 g/mol. The fraction of sp³-hybridized carbons (Fsp3) is 0.429. The quantitative estimate of drug-likeness (QED) is 0.443. The number of rotatable bonds is 7. The Morgan fingerprint density at radius 3 is 2.67 bits per heavy atom. The predicted molar refractivity (Wildman–Crippen MR) is 142 cm³/mol. The summed E-state index contributed by atoms with van der Waals surface area (Å²) in [6.45, 7) is 6.15. The highest BCUT2D eigenvalue weighted by Gasteiger charge is 2.36. The minimum atomic E-state index is -0.406. The van der Waals surface area contributed by atoms with Crippen molar-refractivity contribution < 1.29 is 23.5 Å². The van der Waals surface area contributed by atoms with Gasteiger partial charge in [-0.25, -0.2) is 4.39 Å². The highest BCUT2D eigenvalue weighted by molar-refractivity contribution is 7.08. The van der Waals surface area contributed by atoms with Crippen molar-refractivity contribution >= 4 is 23.2 Å². The topological polar surface area (TPSA) is 101 Å². The van der Waals surface area contributed by atoms with Crippen LogP contribution >= 0.6 is 11.3 Å². The number of piperidine rings is 1. The number of nitrogens with zero attached hydrogens (tertiary/aromatic N) is 5. The number of ether oxygens (including phenoxy) is 2. The highest BCUT2D eigenvalue weighted by atomic mass is 32.1.